The second-order valence-corrected chi connectivity index (χ2v) is 2.32. The Morgan fingerprint density at radius 2 is 2.25 bits per heavy atom. The Labute approximate surface area is 74.5 Å². The van der Waals surface area contributed by atoms with Gasteiger partial charge in [-0.25, -0.2) is 0 Å². The maximum atomic E-state index is 3.79. The van der Waals surface area contributed by atoms with E-state index in [1.165, 1.54) is 5.57 Å². The Balaban J connectivity index is 4.68. The zero-order valence-corrected chi connectivity index (χ0v) is 7.64. The molecule has 0 saturated heterocycles. The number of allylic oxidation sites excluding steroid dienone is 2. The van der Waals surface area contributed by atoms with E-state index in [-0.39, 0.29) is 0 Å². The normalized spacial score (nSPS) is 10.2. The summed E-state index contributed by atoms with van der Waals surface area (Å²) in [7, 11) is 0. The highest BCUT2D eigenvalue weighted by molar-refractivity contribution is 5.35. The van der Waals surface area contributed by atoms with Gasteiger partial charge >= 0.3 is 0 Å². The molecule has 64 valence electrons. The minimum Gasteiger partial charge on any atom is -0.296 e. The Kier molecular flexibility index (Phi) is 5.68. The Bertz CT molecular complexity index is 240. The number of hydrogen-bond acceptors (Lipinski definition) is 1. The molecule has 0 unspecified atom stereocenters. The molecule has 1 nitrogen and oxygen atoms in total. The van der Waals surface area contributed by atoms with Crippen molar-refractivity contribution in [3.8, 4) is 0 Å². The lowest BCUT2D eigenvalue weighted by Crippen LogP contribution is -1.91. The Morgan fingerprint density at radius 3 is 2.58 bits per heavy atom. The average Bonchev–Trinajstić information content (AvgIpc) is 2.11. The van der Waals surface area contributed by atoms with Crippen LogP contribution in [0.3, 0.4) is 0 Å². The molecule has 0 bridgehead atoms. The van der Waals surface area contributed by atoms with Crippen LogP contribution in [0.1, 0.15) is 13.3 Å². The molecule has 0 atom stereocenters. The monoisotopic (exact) mass is 161 g/mol. The molecular formula is C11H15N. The van der Waals surface area contributed by atoms with E-state index in [1.54, 1.807) is 6.08 Å². The first-order chi connectivity index (χ1) is 5.79. The van der Waals surface area contributed by atoms with E-state index in [2.05, 4.69) is 37.5 Å². The zero-order valence-electron chi connectivity index (χ0n) is 7.64. The molecule has 0 aliphatic rings. The smallest absolute Gasteiger partial charge is 0.0707 e. The minimum atomic E-state index is 0.580. The van der Waals surface area contributed by atoms with Gasteiger partial charge in [-0.15, -0.1) is 5.73 Å². The molecule has 0 aromatic carbocycles. The van der Waals surface area contributed by atoms with Crippen molar-refractivity contribution in [2.45, 2.75) is 13.3 Å². The standard InChI is InChI=1S/C11H15N/c1-5-8-10(6-2)11(7-3)9-12-4/h5,8H,1,3-4,6,9H2,2H3/b10-8-. The lowest BCUT2D eigenvalue weighted by atomic mass is 10.0. The molecule has 0 spiro atoms. The van der Waals surface area contributed by atoms with Crippen molar-refractivity contribution in [1.29, 1.82) is 0 Å². The van der Waals surface area contributed by atoms with Crippen LogP contribution in [0.25, 0.3) is 0 Å². The molecule has 0 aromatic heterocycles. The van der Waals surface area contributed by atoms with Crippen LogP contribution in [-0.4, -0.2) is 13.3 Å². The molecule has 0 fully saturated rings. The summed E-state index contributed by atoms with van der Waals surface area (Å²) >= 11 is 0. The highest BCUT2D eigenvalue weighted by atomic mass is 14.7. The molecule has 1 heteroatoms. The van der Waals surface area contributed by atoms with Crippen LogP contribution in [0.2, 0.25) is 0 Å². The molecule has 0 aliphatic carbocycles. The molecule has 12 heavy (non-hydrogen) atoms. The van der Waals surface area contributed by atoms with E-state index < -0.39 is 0 Å². The fourth-order valence-electron chi connectivity index (χ4n) is 0.957. The highest BCUT2D eigenvalue weighted by Gasteiger charge is 1.98. The van der Waals surface area contributed by atoms with Gasteiger partial charge in [0, 0.05) is 5.57 Å². The summed E-state index contributed by atoms with van der Waals surface area (Å²) in [5.74, 6) is 0. The van der Waals surface area contributed by atoms with Crippen LogP contribution in [0.15, 0.2) is 47.2 Å². The van der Waals surface area contributed by atoms with Crippen molar-refractivity contribution >= 4 is 6.72 Å². The summed E-state index contributed by atoms with van der Waals surface area (Å²) in [5.41, 5.74) is 5.04. The topological polar surface area (TPSA) is 12.4 Å². The van der Waals surface area contributed by atoms with E-state index in [4.69, 9.17) is 0 Å². The zero-order chi connectivity index (χ0) is 9.40. The van der Waals surface area contributed by atoms with E-state index in [9.17, 15) is 0 Å². The number of nitrogens with zero attached hydrogens (tertiary/aromatic N) is 1. The van der Waals surface area contributed by atoms with Gasteiger partial charge in [-0.1, -0.05) is 32.2 Å². The van der Waals surface area contributed by atoms with Gasteiger partial charge in [-0.2, -0.15) is 0 Å². The van der Waals surface area contributed by atoms with Gasteiger partial charge in [0.2, 0.25) is 0 Å². The second kappa shape index (κ2) is 6.38. The molecule has 0 aromatic rings. The van der Waals surface area contributed by atoms with E-state index in [0.29, 0.717) is 6.54 Å². The first-order valence-corrected chi connectivity index (χ1v) is 3.93. The predicted molar refractivity (Wildman–Crippen MR) is 55.6 cm³/mol. The van der Waals surface area contributed by atoms with E-state index in [1.807, 2.05) is 6.08 Å². The lowest BCUT2D eigenvalue weighted by molar-refractivity contribution is 1.06. The Hall–Kier alpha value is -1.33. The van der Waals surface area contributed by atoms with Gasteiger partial charge < -0.3 is 0 Å². The van der Waals surface area contributed by atoms with Crippen molar-refractivity contribution in [1.82, 2.24) is 0 Å². The highest BCUT2D eigenvalue weighted by Crippen LogP contribution is 2.12. The van der Waals surface area contributed by atoms with Crippen LogP contribution in [0.4, 0.5) is 0 Å². The minimum absolute atomic E-state index is 0.580. The van der Waals surface area contributed by atoms with Gasteiger partial charge in [-0.05, 0) is 18.7 Å². The number of rotatable bonds is 5. The van der Waals surface area contributed by atoms with E-state index >= 15 is 0 Å². The maximum absolute atomic E-state index is 3.79. The first-order valence-electron chi connectivity index (χ1n) is 3.93. The van der Waals surface area contributed by atoms with Crippen LogP contribution in [-0.2, 0) is 0 Å². The third-order valence-electron chi connectivity index (χ3n) is 1.57. The largest absolute Gasteiger partial charge is 0.296 e. The molecule has 0 saturated carbocycles. The predicted octanol–water partition coefficient (Wildman–Crippen LogP) is 2.92. The van der Waals surface area contributed by atoms with Gasteiger partial charge in [-0.3, -0.25) is 4.99 Å². The van der Waals surface area contributed by atoms with Crippen molar-refractivity contribution in [2.24, 2.45) is 4.99 Å². The summed E-state index contributed by atoms with van der Waals surface area (Å²) < 4.78 is 0. The molecule has 0 rings (SSSR count). The van der Waals surface area contributed by atoms with Gasteiger partial charge in [0.15, 0.2) is 0 Å². The summed E-state index contributed by atoms with van der Waals surface area (Å²) in [6.45, 7) is 13.3. The molecule has 0 N–H and O–H groups in total. The van der Waals surface area contributed by atoms with Gasteiger partial charge in [0.1, 0.15) is 0 Å². The van der Waals surface area contributed by atoms with Crippen molar-refractivity contribution in [3.63, 3.8) is 0 Å². The van der Waals surface area contributed by atoms with Crippen LogP contribution >= 0.6 is 0 Å². The summed E-state index contributed by atoms with van der Waals surface area (Å²) in [6.07, 6.45) is 4.66. The summed E-state index contributed by atoms with van der Waals surface area (Å²) in [6, 6.07) is 0. The quantitative estimate of drug-likeness (QED) is 0.334. The fourth-order valence-corrected chi connectivity index (χ4v) is 0.957. The van der Waals surface area contributed by atoms with Crippen molar-refractivity contribution < 1.29 is 0 Å². The number of hydrogen-bond donors (Lipinski definition) is 0. The second-order valence-electron chi connectivity index (χ2n) is 2.32. The van der Waals surface area contributed by atoms with Crippen LogP contribution in [0.5, 0.6) is 0 Å². The SMILES string of the molecule is C=C=C(CN=C)/C(=C\C=C)CC. The third kappa shape index (κ3) is 3.18. The number of aliphatic imine (C=N–C) groups is 1. The van der Waals surface area contributed by atoms with Crippen molar-refractivity contribution in [3.05, 3.63) is 42.2 Å². The van der Waals surface area contributed by atoms with Crippen LogP contribution in [0, 0.1) is 0 Å². The molecule has 0 aliphatic heterocycles. The third-order valence-corrected chi connectivity index (χ3v) is 1.57. The summed E-state index contributed by atoms with van der Waals surface area (Å²) in [4.78, 5) is 3.79. The van der Waals surface area contributed by atoms with E-state index in [0.717, 1.165) is 12.0 Å². The molecule has 0 radical (unpaired) electrons. The van der Waals surface area contributed by atoms with Gasteiger partial charge in [0.05, 0.1) is 6.54 Å². The van der Waals surface area contributed by atoms with Crippen molar-refractivity contribution in [2.75, 3.05) is 6.54 Å². The average molecular weight is 161 g/mol. The molecular weight excluding hydrogens is 146 g/mol. The van der Waals surface area contributed by atoms with Crippen LogP contribution < -0.4 is 0 Å². The van der Waals surface area contributed by atoms with Gasteiger partial charge in [0.25, 0.3) is 0 Å². The lowest BCUT2D eigenvalue weighted by Gasteiger charge is -2.03. The molecule has 0 heterocycles. The first kappa shape index (κ1) is 10.7. The fraction of sp³-hybridized carbons (Fsp3) is 0.273. The maximum Gasteiger partial charge on any atom is 0.0707 e. The Morgan fingerprint density at radius 1 is 1.58 bits per heavy atom. The molecule has 0 amide bonds. The summed E-state index contributed by atoms with van der Waals surface area (Å²) in [5, 5.41) is 0.